The first-order valence-corrected chi connectivity index (χ1v) is 8.01. The van der Waals surface area contributed by atoms with Crippen molar-refractivity contribution in [1.82, 2.24) is 15.2 Å². The van der Waals surface area contributed by atoms with Crippen LogP contribution in [0.25, 0.3) is 10.9 Å². The molecule has 1 amide bonds. The Bertz CT molecular complexity index is 817. The summed E-state index contributed by atoms with van der Waals surface area (Å²) in [6.07, 6.45) is 1.74. The fourth-order valence-electron chi connectivity index (χ4n) is 3.15. The van der Waals surface area contributed by atoms with Gasteiger partial charge in [-0.1, -0.05) is 19.1 Å². The molecule has 3 N–H and O–H groups in total. The number of rotatable bonds is 5. The van der Waals surface area contributed by atoms with Crippen molar-refractivity contribution in [3.8, 4) is 5.75 Å². The summed E-state index contributed by atoms with van der Waals surface area (Å²) in [6, 6.07) is 5.57. The van der Waals surface area contributed by atoms with Gasteiger partial charge in [0.05, 0.1) is 5.52 Å². The van der Waals surface area contributed by atoms with E-state index in [4.69, 9.17) is 0 Å². The number of hydrogen-bond donors (Lipinski definition) is 3. The Morgan fingerprint density at radius 1 is 1.33 bits per heavy atom. The summed E-state index contributed by atoms with van der Waals surface area (Å²) in [5.41, 5.74) is 1.22. The van der Waals surface area contributed by atoms with Crippen molar-refractivity contribution in [3.63, 3.8) is 0 Å². The van der Waals surface area contributed by atoms with Crippen LogP contribution < -0.4 is 16.2 Å². The zero-order valence-corrected chi connectivity index (χ0v) is 14.4. The van der Waals surface area contributed by atoms with Crippen molar-refractivity contribution in [2.45, 2.75) is 26.3 Å². The number of para-hydroxylation sites is 1. The molecule has 0 aliphatic carbocycles. The molecule has 1 aliphatic rings. The lowest BCUT2D eigenvalue weighted by molar-refractivity contribution is 0.0949. The molecule has 2 aromatic rings. The first-order valence-electron chi connectivity index (χ1n) is 8.01. The molecule has 6 nitrogen and oxygen atoms in total. The molecular weight excluding hydrogens is 330 g/mol. The molecular formula is C17H22ClN3O3. The summed E-state index contributed by atoms with van der Waals surface area (Å²) in [7, 11) is 0. The van der Waals surface area contributed by atoms with E-state index in [-0.39, 0.29) is 23.7 Å². The van der Waals surface area contributed by atoms with E-state index >= 15 is 0 Å². The first kappa shape index (κ1) is 18.3. The van der Waals surface area contributed by atoms with Gasteiger partial charge in [-0.05, 0) is 31.0 Å². The highest BCUT2D eigenvalue weighted by Crippen LogP contribution is 2.31. The molecule has 3 rings (SSSR count). The summed E-state index contributed by atoms with van der Waals surface area (Å²) < 4.78 is 1.62. The number of aryl methyl sites for hydroxylation is 2. The summed E-state index contributed by atoms with van der Waals surface area (Å²) >= 11 is 0. The molecule has 2 heterocycles. The van der Waals surface area contributed by atoms with E-state index in [0.717, 1.165) is 30.5 Å². The average Bonchev–Trinajstić information content (AvgIpc) is 2.56. The number of amides is 1. The topological polar surface area (TPSA) is 83.4 Å². The number of nitrogens with one attached hydrogen (secondary N) is 2. The van der Waals surface area contributed by atoms with Gasteiger partial charge in [0.15, 0.2) is 0 Å². The van der Waals surface area contributed by atoms with Gasteiger partial charge in [-0.2, -0.15) is 0 Å². The van der Waals surface area contributed by atoms with Crippen molar-refractivity contribution in [2.75, 3.05) is 19.6 Å². The van der Waals surface area contributed by atoms with Crippen molar-refractivity contribution in [2.24, 2.45) is 0 Å². The SMILES string of the molecule is CCNCCNC(=O)c1c(O)c2cccc3c2n(c1=O)CCC3.Cl. The van der Waals surface area contributed by atoms with Crippen molar-refractivity contribution in [1.29, 1.82) is 0 Å². The molecule has 0 radical (unpaired) electrons. The summed E-state index contributed by atoms with van der Waals surface area (Å²) in [5, 5.41) is 16.8. The zero-order chi connectivity index (χ0) is 16.4. The minimum Gasteiger partial charge on any atom is -0.506 e. The van der Waals surface area contributed by atoms with E-state index in [1.807, 2.05) is 19.1 Å². The lowest BCUT2D eigenvalue weighted by atomic mass is 9.99. The van der Waals surface area contributed by atoms with Gasteiger partial charge in [0, 0.05) is 25.0 Å². The maximum atomic E-state index is 12.7. The van der Waals surface area contributed by atoms with E-state index in [0.29, 0.717) is 25.0 Å². The molecule has 1 aromatic carbocycles. The van der Waals surface area contributed by atoms with Gasteiger partial charge in [0.1, 0.15) is 11.3 Å². The van der Waals surface area contributed by atoms with Crippen LogP contribution in [0.3, 0.4) is 0 Å². The molecule has 0 saturated carbocycles. The number of hydrogen-bond acceptors (Lipinski definition) is 4. The number of halogens is 1. The molecule has 130 valence electrons. The van der Waals surface area contributed by atoms with Crippen LogP contribution >= 0.6 is 12.4 Å². The lowest BCUT2D eigenvalue weighted by Crippen LogP contribution is -2.37. The van der Waals surface area contributed by atoms with Crippen LogP contribution in [0, 0.1) is 0 Å². The van der Waals surface area contributed by atoms with Crippen LogP contribution in [-0.4, -0.2) is 35.2 Å². The normalized spacial score (nSPS) is 12.7. The van der Waals surface area contributed by atoms with E-state index < -0.39 is 11.5 Å². The molecule has 0 saturated heterocycles. The molecule has 0 spiro atoms. The van der Waals surface area contributed by atoms with Gasteiger partial charge in [-0.3, -0.25) is 9.59 Å². The first-order chi connectivity index (χ1) is 11.1. The second-order valence-corrected chi connectivity index (χ2v) is 5.71. The van der Waals surface area contributed by atoms with Gasteiger partial charge < -0.3 is 20.3 Å². The number of nitrogens with zero attached hydrogens (tertiary/aromatic N) is 1. The van der Waals surface area contributed by atoms with Gasteiger partial charge in [-0.25, -0.2) is 0 Å². The van der Waals surface area contributed by atoms with Crippen LogP contribution in [-0.2, 0) is 13.0 Å². The maximum Gasteiger partial charge on any atom is 0.267 e. The Morgan fingerprint density at radius 3 is 2.88 bits per heavy atom. The smallest absolute Gasteiger partial charge is 0.267 e. The van der Waals surface area contributed by atoms with Crippen LogP contribution in [0.2, 0.25) is 0 Å². The summed E-state index contributed by atoms with van der Waals surface area (Å²) in [4.78, 5) is 25.0. The molecule has 0 unspecified atom stereocenters. The third-order valence-corrected chi connectivity index (χ3v) is 4.23. The zero-order valence-electron chi connectivity index (χ0n) is 13.6. The third-order valence-electron chi connectivity index (χ3n) is 4.23. The van der Waals surface area contributed by atoms with Gasteiger partial charge in [0.2, 0.25) is 0 Å². The Morgan fingerprint density at radius 2 is 2.12 bits per heavy atom. The van der Waals surface area contributed by atoms with Crippen LogP contribution in [0.15, 0.2) is 23.0 Å². The molecule has 1 aromatic heterocycles. The highest BCUT2D eigenvalue weighted by Gasteiger charge is 2.24. The van der Waals surface area contributed by atoms with Crippen molar-refractivity contribution in [3.05, 3.63) is 39.7 Å². The van der Waals surface area contributed by atoms with E-state index in [9.17, 15) is 14.7 Å². The van der Waals surface area contributed by atoms with E-state index in [1.54, 1.807) is 10.6 Å². The Balaban J connectivity index is 0.00000208. The van der Waals surface area contributed by atoms with Crippen LogP contribution in [0.1, 0.15) is 29.3 Å². The van der Waals surface area contributed by atoms with E-state index in [1.165, 1.54) is 0 Å². The Labute approximate surface area is 146 Å². The Kier molecular flexibility index (Phi) is 5.85. The predicted molar refractivity (Wildman–Crippen MR) is 96.3 cm³/mol. The number of pyridine rings is 1. The molecule has 0 fully saturated rings. The molecule has 0 atom stereocenters. The lowest BCUT2D eigenvalue weighted by Gasteiger charge is -2.21. The van der Waals surface area contributed by atoms with Crippen LogP contribution in [0.5, 0.6) is 5.75 Å². The number of carbonyl (C=O) groups excluding carboxylic acids is 1. The Hall–Kier alpha value is -2.05. The number of aromatic nitrogens is 1. The minimum atomic E-state index is -0.521. The average molecular weight is 352 g/mol. The highest BCUT2D eigenvalue weighted by atomic mass is 35.5. The fraction of sp³-hybridized carbons (Fsp3) is 0.412. The molecule has 24 heavy (non-hydrogen) atoms. The van der Waals surface area contributed by atoms with Crippen molar-refractivity contribution >= 4 is 29.2 Å². The minimum absolute atomic E-state index is 0. The third kappa shape index (κ3) is 3.12. The largest absolute Gasteiger partial charge is 0.506 e. The summed E-state index contributed by atoms with van der Waals surface area (Å²) in [6.45, 7) is 4.39. The second-order valence-electron chi connectivity index (χ2n) is 5.71. The fourth-order valence-corrected chi connectivity index (χ4v) is 3.15. The number of likely N-dealkylation sites (N-methyl/N-ethyl adjacent to an activating group) is 1. The maximum absolute atomic E-state index is 12.7. The number of aromatic hydroxyl groups is 1. The number of carbonyl (C=O) groups is 1. The molecule has 0 bridgehead atoms. The van der Waals surface area contributed by atoms with Gasteiger partial charge in [0.25, 0.3) is 11.5 Å². The molecule has 1 aliphatic heterocycles. The quantitative estimate of drug-likeness (QED) is 0.711. The highest BCUT2D eigenvalue weighted by molar-refractivity contribution is 6.02. The summed E-state index contributed by atoms with van der Waals surface area (Å²) in [5.74, 6) is -0.738. The molecule has 7 heteroatoms. The van der Waals surface area contributed by atoms with Gasteiger partial charge in [-0.15, -0.1) is 12.4 Å². The predicted octanol–water partition coefficient (Wildman–Crippen LogP) is 1.41. The van der Waals surface area contributed by atoms with Crippen LogP contribution in [0.4, 0.5) is 0 Å². The van der Waals surface area contributed by atoms with E-state index in [2.05, 4.69) is 10.6 Å². The standard InChI is InChI=1S/C17H21N3O3.ClH/c1-2-18-8-9-19-16(22)13-15(21)12-7-3-5-11-6-4-10-20(14(11)12)17(13)23;/h3,5,7,18,21H,2,4,6,8-10H2,1H3,(H,19,22);1H. The van der Waals surface area contributed by atoms with Gasteiger partial charge >= 0.3 is 0 Å². The van der Waals surface area contributed by atoms with Crippen molar-refractivity contribution < 1.29 is 9.90 Å². The second kappa shape index (κ2) is 7.68. The number of benzene rings is 1. The monoisotopic (exact) mass is 351 g/mol.